The molecule has 6 heteroatoms. The van der Waals surface area contributed by atoms with Gasteiger partial charge < -0.3 is 4.74 Å². The molecule has 1 heterocycles. The molecule has 0 saturated carbocycles. The fraction of sp³-hybridized carbons (Fsp3) is 0.182. The van der Waals surface area contributed by atoms with Gasteiger partial charge in [-0.3, -0.25) is 9.48 Å². The zero-order valence-corrected chi connectivity index (χ0v) is 17.4. The Morgan fingerprint density at radius 3 is 2.46 bits per heavy atom. The second kappa shape index (κ2) is 8.63. The van der Waals surface area contributed by atoms with Crippen molar-refractivity contribution in [2.24, 2.45) is 0 Å². The summed E-state index contributed by atoms with van der Waals surface area (Å²) in [4.78, 5) is 12.3. The Labute approximate surface area is 174 Å². The van der Waals surface area contributed by atoms with E-state index in [1.807, 2.05) is 36.7 Å². The van der Waals surface area contributed by atoms with E-state index in [9.17, 15) is 4.79 Å². The van der Waals surface area contributed by atoms with Crippen LogP contribution in [0.4, 0.5) is 0 Å². The average molecular weight is 415 g/mol. The number of aromatic nitrogens is 2. The van der Waals surface area contributed by atoms with Gasteiger partial charge in [0.15, 0.2) is 5.78 Å². The fourth-order valence-corrected chi connectivity index (χ4v) is 3.16. The Morgan fingerprint density at radius 2 is 1.86 bits per heavy atom. The molecule has 0 spiro atoms. The number of allylic oxidation sites excluding steroid dienone is 1. The van der Waals surface area contributed by atoms with E-state index in [0.29, 0.717) is 22.2 Å². The van der Waals surface area contributed by atoms with Gasteiger partial charge >= 0.3 is 0 Å². The van der Waals surface area contributed by atoms with Crippen molar-refractivity contribution in [3.8, 4) is 5.75 Å². The molecular weight excluding hydrogens is 395 g/mol. The number of benzene rings is 2. The molecule has 28 heavy (non-hydrogen) atoms. The maximum Gasteiger partial charge on any atom is 0.185 e. The fourth-order valence-electron chi connectivity index (χ4n) is 2.90. The van der Waals surface area contributed by atoms with Crippen molar-refractivity contribution in [2.75, 3.05) is 7.11 Å². The number of nitrogens with zero attached hydrogens (tertiary/aromatic N) is 2. The van der Waals surface area contributed by atoms with Gasteiger partial charge in [0.1, 0.15) is 5.75 Å². The first-order valence-electron chi connectivity index (χ1n) is 8.73. The smallest absolute Gasteiger partial charge is 0.185 e. The summed E-state index contributed by atoms with van der Waals surface area (Å²) in [6.07, 6.45) is 3.34. The van der Waals surface area contributed by atoms with E-state index in [-0.39, 0.29) is 5.78 Å². The van der Waals surface area contributed by atoms with Gasteiger partial charge in [0.2, 0.25) is 0 Å². The van der Waals surface area contributed by atoms with Crippen LogP contribution >= 0.6 is 23.2 Å². The van der Waals surface area contributed by atoms with Gasteiger partial charge in [-0.1, -0.05) is 35.3 Å². The van der Waals surface area contributed by atoms with Crippen molar-refractivity contribution in [3.63, 3.8) is 0 Å². The van der Waals surface area contributed by atoms with E-state index in [1.165, 1.54) is 0 Å². The van der Waals surface area contributed by atoms with Crippen LogP contribution in [0.2, 0.25) is 10.0 Å². The molecule has 0 saturated heterocycles. The van der Waals surface area contributed by atoms with Crippen molar-refractivity contribution in [1.82, 2.24) is 9.78 Å². The molecule has 0 aliphatic heterocycles. The standard InChI is InChI=1S/C22H20Cl2N2O2/c1-14-22(24)15(2)26(25-14)13-18-12-16(5-11-21(18)28-3)4-10-20(27)17-6-8-19(23)9-7-17/h4-12H,13H2,1-3H3/b10-4+. The summed E-state index contributed by atoms with van der Waals surface area (Å²) in [5, 5.41) is 5.75. The third kappa shape index (κ3) is 4.46. The number of methoxy groups -OCH3 is 1. The molecule has 0 bridgehead atoms. The van der Waals surface area contributed by atoms with Gasteiger partial charge in [0.05, 0.1) is 30.1 Å². The van der Waals surface area contributed by atoms with Crippen molar-refractivity contribution in [2.45, 2.75) is 20.4 Å². The van der Waals surface area contributed by atoms with Crippen LogP contribution in [-0.2, 0) is 6.54 Å². The number of hydrogen-bond donors (Lipinski definition) is 0. The Hall–Kier alpha value is -2.56. The number of rotatable bonds is 6. The number of halogens is 2. The van der Waals surface area contributed by atoms with Crippen molar-refractivity contribution in [1.29, 1.82) is 0 Å². The number of aryl methyl sites for hydroxylation is 1. The van der Waals surface area contributed by atoms with Crippen LogP contribution in [0, 0.1) is 13.8 Å². The SMILES string of the molecule is COc1ccc(/C=C/C(=O)c2ccc(Cl)cc2)cc1Cn1nc(C)c(Cl)c1C. The normalized spacial score (nSPS) is 11.2. The quantitative estimate of drug-likeness (QED) is 0.380. The topological polar surface area (TPSA) is 44.1 Å². The van der Waals surface area contributed by atoms with E-state index in [2.05, 4.69) is 5.10 Å². The summed E-state index contributed by atoms with van der Waals surface area (Å²) < 4.78 is 7.33. The van der Waals surface area contributed by atoms with Gasteiger partial charge in [-0.15, -0.1) is 0 Å². The molecular formula is C22H20Cl2N2O2. The van der Waals surface area contributed by atoms with Gasteiger partial charge in [-0.2, -0.15) is 5.10 Å². The summed E-state index contributed by atoms with van der Waals surface area (Å²) in [5.74, 6) is 0.671. The summed E-state index contributed by atoms with van der Waals surface area (Å²) in [6, 6.07) is 12.6. The lowest BCUT2D eigenvalue weighted by Gasteiger charge is -2.11. The third-order valence-corrected chi connectivity index (χ3v) is 5.27. The van der Waals surface area contributed by atoms with E-state index >= 15 is 0 Å². The maximum absolute atomic E-state index is 12.3. The number of carbonyl (C=O) groups is 1. The highest BCUT2D eigenvalue weighted by molar-refractivity contribution is 6.31. The molecule has 0 atom stereocenters. The Morgan fingerprint density at radius 1 is 1.14 bits per heavy atom. The van der Waals surface area contributed by atoms with E-state index < -0.39 is 0 Å². The summed E-state index contributed by atoms with van der Waals surface area (Å²) >= 11 is 12.1. The lowest BCUT2D eigenvalue weighted by molar-refractivity contribution is 0.104. The van der Waals surface area contributed by atoms with Crippen molar-refractivity contribution in [3.05, 3.63) is 86.7 Å². The lowest BCUT2D eigenvalue weighted by atomic mass is 10.1. The second-order valence-electron chi connectivity index (χ2n) is 6.42. The zero-order valence-electron chi connectivity index (χ0n) is 15.9. The first-order chi connectivity index (χ1) is 13.4. The molecule has 1 aromatic heterocycles. The first kappa shape index (κ1) is 20.2. The van der Waals surface area contributed by atoms with Crippen LogP contribution in [0.25, 0.3) is 6.08 Å². The van der Waals surface area contributed by atoms with Crippen molar-refractivity contribution < 1.29 is 9.53 Å². The average Bonchev–Trinajstić information content (AvgIpc) is 2.93. The minimum absolute atomic E-state index is 0.0839. The van der Waals surface area contributed by atoms with E-state index in [1.54, 1.807) is 43.5 Å². The molecule has 0 unspecified atom stereocenters. The number of hydrogen-bond acceptors (Lipinski definition) is 3. The van der Waals surface area contributed by atoms with E-state index in [4.69, 9.17) is 27.9 Å². The Balaban J connectivity index is 1.84. The monoisotopic (exact) mass is 414 g/mol. The minimum atomic E-state index is -0.0839. The van der Waals surface area contributed by atoms with Crippen LogP contribution in [0.3, 0.4) is 0 Å². The summed E-state index contributed by atoms with van der Waals surface area (Å²) in [5.41, 5.74) is 4.13. The minimum Gasteiger partial charge on any atom is -0.496 e. The highest BCUT2D eigenvalue weighted by Gasteiger charge is 2.12. The number of ether oxygens (including phenoxy) is 1. The Bertz CT molecular complexity index is 1040. The predicted molar refractivity (Wildman–Crippen MR) is 114 cm³/mol. The second-order valence-corrected chi connectivity index (χ2v) is 7.23. The molecule has 0 aliphatic carbocycles. The van der Waals surface area contributed by atoms with Gasteiger partial charge in [-0.25, -0.2) is 0 Å². The highest BCUT2D eigenvalue weighted by atomic mass is 35.5. The molecule has 3 rings (SSSR count). The predicted octanol–water partition coefficient (Wildman–Crippen LogP) is 5.76. The molecule has 0 aliphatic rings. The highest BCUT2D eigenvalue weighted by Crippen LogP contribution is 2.25. The zero-order chi connectivity index (χ0) is 20.3. The van der Waals surface area contributed by atoms with Gasteiger partial charge in [-0.05, 0) is 61.9 Å². The molecule has 144 valence electrons. The van der Waals surface area contributed by atoms with Gasteiger partial charge in [0, 0.05) is 16.1 Å². The van der Waals surface area contributed by atoms with Gasteiger partial charge in [0.25, 0.3) is 0 Å². The van der Waals surface area contributed by atoms with Crippen LogP contribution in [0.15, 0.2) is 48.5 Å². The summed E-state index contributed by atoms with van der Waals surface area (Å²) in [7, 11) is 1.63. The Kier molecular flexibility index (Phi) is 6.22. The van der Waals surface area contributed by atoms with Crippen LogP contribution < -0.4 is 4.74 Å². The molecule has 0 fully saturated rings. The van der Waals surface area contributed by atoms with Crippen molar-refractivity contribution >= 4 is 35.1 Å². The third-order valence-electron chi connectivity index (χ3n) is 4.47. The lowest BCUT2D eigenvalue weighted by Crippen LogP contribution is -2.06. The molecule has 0 radical (unpaired) electrons. The van der Waals surface area contributed by atoms with Crippen LogP contribution in [-0.4, -0.2) is 22.7 Å². The first-order valence-corrected chi connectivity index (χ1v) is 9.49. The largest absolute Gasteiger partial charge is 0.496 e. The molecule has 0 amide bonds. The molecule has 4 nitrogen and oxygen atoms in total. The molecule has 2 aromatic carbocycles. The number of carbonyl (C=O) groups excluding carboxylic acids is 1. The summed E-state index contributed by atoms with van der Waals surface area (Å²) in [6.45, 7) is 4.34. The maximum atomic E-state index is 12.3. The molecule has 0 N–H and O–H groups in total. The number of ketones is 1. The van der Waals surface area contributed by atoms with Crippen LogP contribution in [0.5, 0.6) is 5.75 Å². The van der Waals surface area contributed by atoms with Crippen LogP contribution in [0.1, 0.15) is 32.9 Å². The molecule has 3 aromatic rings. The van der Waals surface area contributed by atoms with E-state index in [0.717, 1.165) is 28.3 Å².